The number of nitrogens with two attached hydrogens (primary N) is 1. The average molecular weight is 530 g/mol. The third kappa shape index (κ3) is 16.1. The average Bonchev–Trinajstić information content (AvgIpc) is 2.75. The molecule has 13 heteroatoms. The molecule has 0 aromatic heterocycles. The molecule has 0 heterocycles. The van der Waals surface area contributed by atoms with Gasteiger partial charge in [-0.25, -0.2) is 4.79 Å². The Morgan fingerprint density at radius 3 is 1.86 bits per heavy atom. The normalized spacial score (nSPS) is 13.6. The molecule has 0 aliphatic rings. The Bertz CT molecular complexity index is 809. The molecule has 5 amide bonds. The number of aliphatic carboxylic acids is 1. The number of nitrogens with one attached hydrogen (secondary N) is 4. The number of alkyl carbamates (subject to hydrolysis) is 1. The minimum atomic E-state index is -1.25. The van der Waals surface area contributed by atoms with E-state index in [4.69, 9.17) is 15.6 Å². The van der Waals surface area contributed by atoms with Gasteiger partial charge in [-0.1, -0.05) is 33.6 Å². The maximum Gasteiger partial charge on any atom is 0.408 e. The van der Waals surface area contributed by atoms with Crippen molar-refractivity contribution in [3.8, 4) is 0 Å². The number of primary amides is 1. The van der Waals surface area contributed by atoms with Gasteiger partial charge in [0.25, 0.3) is 0 Å². The quantitative estimate of drug-likeness (QED) is 0.166. The molecule has 3 atom stereocenters. The van der Waals surface area contributed by atoms with Gasteiger partial charge >= 0.3 is 12.1 Å². The summed E-state index contributed by atoms with van der Waals surface area (Å²) in [6, 6.07) is -3.33. The van der Waals surface area contributed by atoms with Crippen LogP contribution in [-0.2, 0) is 28.7 Å². The van der Waals surface area contributed by atoms with E-state index in [1.165, 1.54) is 0 Å². The van der Waals surface area contributed by atoms with Crippen LogP contribution in [0.25, 0.3) is 0 Å². The summed E-state index contributed by atoms with van der Waals surface area (Å²) in [6.45, 7) is 9.96. The first-order chi connectivity index (χ1) is 17.0. The molecule has 0 aromatic rings. The van der Waals surface area contributed by atoms with E-state index < -0.39 is 66.0 Å². The SMILES string of the molecule is CCCC[C@H](NC(=O)OC(C)(C)C)C(=O)N[C@@H](CCC(N)=O)C(=O)N[C@@H](CC(C)C)C(=O)NCC(=O)O. The van der Waals surface area contributed by atoms with Crippen molar-refractivity contribution in [1.29, 1.82) is 0 Å². The van der Waals surface area contributed by atoms with Gasteiger partial charge in [-0.05, 0) is 46.0 Å². The van der Waals surface area contributed by atoms with Crippen molar-refractivity contribution in [1.82, 2.24) is 21.3 Å². The molecule has 7 N–H and O–H groups in total. The van der Waals surface area contributed by atoms with E-state index in [0.717, 1.165) is 6.42 Å². The predicted molar refractivity (Wildman–Crippen MR) is 135 cm³/mol. The molecule has 0 aliphatic carbocycles. The van der Waals surface area contributed by atoms with Gasteiger partial charge in [0.15, 0.2) is 0 Å². The fourth-order valence-corrected chi connectivity index (χ4v) is 3.22. The summed E-state index contributed by atoms with van der Waals surface area (Å²) in [7, 11) is 0. The van der Waals surface area contributed by atoms with Crippen molar-refractivity contribution in [3.63, 3.8) is 0 Å². The molecule has 0 rings (SSSR count). The summed E-state index contributed by atoms with van der Waals surface area (Å²) >= 11 is 0. The zero-order chi connectivity index (χ0) is 28.8. The zero-order valence-electron chi connectivity index (χ0n) is 22.6. The number of ether oxygens (including phenoxy) is 1. The Kier molecular flexibility index (Phi) is 14.9. The Labute approximate surface area is 218 Å². The predicted octanol–water partition coefficient (Wildman–Crippen LogP) is 0.552. The Morgan fingerprint density at radius 2 is 1.41 bits per heavy atom. The van der Waals surface area contributed by atoms with Gasteiger partial charge in [0.1, 0.15) is 30.3 Å². The molecule has 0 unspecified atom stereocenters. The molecular formula is C24H43N5O8. The first kappa shape index (κ1) is 33.6. The van der Waals surface area contributed by atoms with Gasteiger partial charge < -0.3 is 36.8 Å². The second kappa shape index (κ2) is 16.4. The Hall–Kier alpha value is -3.38. The molecule has 0 fully saturated rings. The number of carbonyl (C=O) groups is 6. The molecule has 0 aromatic carbocycles. The highest BCUT2D eigenvalue weighted by Crippen LogP contribution is 2.10. The third-order valence-corrected chi connectivity index (χ3v) is 4.92. The molecule has 212 valence electrons. The highest BCUT2D eigenvalue weighted by Gasteiger charge is 2.31. The molecule has 37 heavy (non-hydrogen) atoms. The number of unbranched alkanes of at least 4 members (excludes halogenated alkanes) is 1. The lowest BCUT2D eigenvalue weighted by Crippen LogP contribution is -2.57. The van der Waals surface area contributed by atoms with Crippen LogP contribution in [0.1, 0.15) is 80.1 Å². The van der Waals surface area contributed by atoms with Crippen LogP contribution in [0.4, 0.5) is 4.79 Å². The van der Waals surface area contributed by atoms with Crippen LogP contribution in [0, 0.1) is 5.92 Å². The van der Waals surface area contributed by atoms with Crippen molar-refractivity contribution < 1.29 is 38.6 Å². The molecule has 0 spiro atoms. The largest absolute Gasteiger partial charge is 0.480 e. The monoisotopic (exact) mass is 529 g/mol. The van der Waals surface area contributed by atoms with Crippen molar-refractivity contribution in [2.75, 3.05) is 6.54 Å². The minimum Gasteiger partial charge on any atom is -0.480 e. The lowest BCUT2D eigenvalue weighted by atomic mass is 10.0. The molecule has 13 nitrogen and oxygen atoms in total. The summed E-state index contributed by atoms with van der Waals surface area (Å²) in [5.74, 6) is -4.09. The molecule has 0 radical (unpaired) electrons. The topological polar surface area (TPSA) is 206 Å². The number of hydrogen-bond donors (Lipinski definition) is 6. The van der Waals surface area contributed by atoms with Crippen LogP contribution in [0.3, 0.4) is 0 Å². The van der Waals surface area contributed by atoms with Crippen LogP contribution in [-0.4, -0.2) is 71.1 Å². The molecular weight excluding hydrogens is 486 g/mol. The van der Waals surface area contributed by atoms with E-state index >= 15 is 0 Å². The third-order valence-electron chi connectivity index (χ3n) is 4.92. The van der Waals surface area contributed by atoms with Crippen LogP contribution < -0.4 is 27.0 Å². The Morgan fingerprint density at radius 1 is 0.865 bits per heavy atom. The van der Waals surface area contributed by atoms with Crippen molar-refractivity contribution >= 4 is 35.7 Å². The Balaban J connectivity index is 5.67. The lowest BCUT2D eigenvalue weighted by Gasteiger charge is -2.26. The summed E-state index contributed by atoms with van der Waals surface area (Å²) in [4.78, 5) is 73.1. The van der Waals surface area contributed by atoms with Crippen molar-refractivity contribution in [2.24, 2.45) is 11.7 Å². The van der Waals surface area contributed by atoms with Gasteiger partial charge in [0.2, 0.25) is 23.6 Å². The molecule has 0 bridgehead atoms. The molecule has 0 saturated heterocycles. The van der Waals surface area contributed by atoms with Crippen LogP contribution in [0.15, 0.2) is 0 Å². The number of carboxylic acid groups (broad SMARTS) is 1. The standard InChI is InChI=1S/C24H43N5O8/c1-7-8-9-15(29-23(36)37-24(4,5)6)21(34)27-16(10-11-18(25)30)22(35)28-17(12-14(2)3)20(33)26-13-19(31)32/h14-17H,7-13H2,1-6H3,(H2,25,30)(H,26,33)(H,27,34)(H,28,35)(H,29,36)(H,31,32)/t15-,16-,17-/m0/s1. The summed E-state index contributed by atoms with van der Waals surface area (Å²) in [5.41, 5.74) is 4.44. The van der Waals surface area contributed by atoms with Crippen LogP contribution in [0.2, 0.25) is 0 Å². The van der Waals surface area contributed by atoms with Crippen molar-refractivity contribution in [2.45, 2.75) is 104 Å². The van der Waals surface area contributed by atoms with E-state index in [0.29, 0.717) is 6.42 Å². The van der Waals surface area contributed by atoms with E-state index in [1.54, 1.807) is 20.8 Å². The fourth-order valence-electron chi connectivity index (χ4n) is 3.22. The van der Waals surface area contributed by atoms with E-state index in [2.05, 4.69) is 21.3 Å². The first-order valence-corrected chi connectivity index (χ1v) is 12.4. The number of rotatable bonds is 16. The highest BCUT2D eigenvalue weighted by atomic mass is 16.6. The molecule has 0 aliphatic heterocycles. The zero-order valence-corrected chi connectivity index (χ0v) is 22.6. The van der Waals surface area contributed by atoms with Crippen LogP contribution in [0.5, 0.6) is 0 Å². The van der Waals surface area contributed by atoms with Gasteiger partial charge in [0, 0.05) is 6.42 Å². The van der Waals surface area contributed by atoms with Gasteiger partial charge in [-0.15, -0.1) is 0 Å². The first-order valence-electron chi connectivity index (χ1n) is 12.4. The summed E-state index contributed by atoms with van der Waals surface area (Å²) in [5, 5.41) is 18.6. The second-order valence-electron chi connectivity index (χ2n) is 10.2. The maximum atomic E-state index is 13.1. The summed E-state index contributed by atoms with van der Waals surface area (Å²) < 4.78 is 5.23. The maximum absolute atomic E-state index is 13.1. The second-order valence-corrected chi connectivity index (χ2v) is 10.2. The van der Waals surface area contributed by atoms with Crippen molar-refractivity contribution in [3.05, 3.63) is 0 Å². The minimum absolute atomic E-state index is 0.0315. The highest BCUT2D eigenvalue weighted by molar-refractivity contribution is 5.94. The molecule has 0 saturated carbocycles. The number of carbonyl (C=O) groups excluding carboxylic acids is 5. The van der Waals surface area contributed by atoms with Gasteiger partial charge in [-0.2, -0.15) is 0 Å². The number of hydrogen-bond acceptors (Lipinski definition) is 7. The number of carboxylic acids is 1. The summed E-state index contributed by atoms with van der Waals surface area (Å²) in [6.07, 6.45) is 0.656. The fraction of sp³-hybridized carbons (Fsp3) is 0.750. The van der Waals surface area contributed by atoms with E-state index in [9.17, 15) is 28.8 Å². The lowest BCUT2D eigenvalue weighted by molar-refractivity contribution is -0.138. The van der Waals surface area contributed by atoms with E-state index in [1.807, 2.05) is 20.8 Å². The van der Waals surface area contributed by atoms with E-state index in [-0.39, 0.29) is 31.6 Å². The van der Waals surface area contributed by atoms with Gasteiger partial charge in [0.05, 0.1) is 0 Å². The van der Waals surface area contributed by atoms with Gasteiger partial charge in [-0.3, -0.25) is 24.0 Å². The number of amides is 5. The van der Waals surface area contributed by atoms with Crippen LogP contribution >= 0.6 is 0 Å². The smallest absolute Gasteiger partial charge is 0.408 e.